The Morgan fingerprint density at radius 3 is 2.52 bits per heavy atom. The molecule has 0 radical (unpaired) electrons. The molecule has 0 aromatic heterocycles. The highest BCUT2D eigenvalue weighted by molar-refractivity contribution is 5.76. The van der Waals surface area contributed by atoms with Gasteiger partial charge in [0.2, 0.25) is 6.34 Å². The van der Waals surface area contributed by atoms with E-state index in [0.29, 0.717) is 0 Å². The molecule has 0 saturated carbocycles. The first-order chi connectivity index (χ1) is 10.3. The van der Waals surface area contributed by atoms with E-state index < -0.39 is 0 Å². The highest BCUT2D eigenvalue weighted by atomic mass is 15.2. The number of hydrogen-bond acceptors (Lipinski definition) is 1. The van der Waals surface area contributed by atoms with E-state index in [-0.39, 0.29) is 0 Å². The normalized spacial score (nSPS) is 14.7. The topological polar surface area (TPSA) is 6.25 Å². The highest BCUT2D eigenvalue weighted by Gasteiger charge is 2.18. The van der Waals surface area contributed by atoms with Gasteiger partial charge >= 0.3 is 0 Å². The van der Waals surface area contributed by atoms with E-state index in [0.717, 1.165) is 19.6 Å². The summed E-state index contributed by atoms with van der Waals surface area (Å²) in [5.74, 6) is 0. The molecule has 0 spiro atoms. The Bertz CT molecular complexity index is 626. The van der Waals surface area contributed by atoms with E-state index in [1.807, 2.05) is 6.08 Å². The summed E-state index contributed by atoms with van der Waals surface area (Å²) in [6, 6.07) is 19.2. The second-order valence-corrected chi connectivity index (χ2v) is 5.41. The molecule has 0 bridgehead atoms. The van der Waals surface area contributed by atoms with Crippen molar-refractivity contribution >= 4 is 18.1 Å². The monoisotopic (exact) mass is 277 g/mol. The summed E-state index contributed by atoms with van der Waals surface area (Å²) in [4.78, 5) is 2.33. The Kier molecular flexibility index (Phi) is 4.15. The Morgan fingerprint density at radius 1 is 1.05 bits per heavy atom. The van der Waals surface area contributed by atoms with Gasteiger partial charge in [-0.2, -0.15) is 0 Å². The molecule has 0 saturated heterocycles. The smallest absolute Gasteiger partial charge is 0.239 e. The fourth-order valence-corrected chi connectivity index (χ4v) is 2.69. The number of rotatable bonds is 4. The Balaban J connectivity index is 1.75. The predicted molar refractivity (Wildman–Crippen MR) is 89.8 cm³/mol. The molecule has 2 aromatic carbocycles. The van der Waals surface area contributed by atoms with E-state index in [4.69, 9.17) is 0 Å². The molecule has 0 aliphatic carbocycles. The van der Waals surface area contributed by atoms with Gasteiger partial charge in [-0.15, -0.1) is 0 Å². The molecule has 2 aromatic rings. The number of nitrogens with zero attached hydrogens (tertiary/aromatic N) is 2. The molecule has 0 atom stereocenters. The van der Waals surface area contributed by atoms with Crippen molar-refractivity contribution in [2.24, 2.45) is 0 Å². The Hall–Kier alpha value is -2.35. The standard InChI is InChI=1S/C19H21N2/c1-2-17-9-11-18(12-10-17)15-20-13-6-14-21(16-20)19-7-4-3-5-8-19/h2-5,7-12,16H,1,6,13-15H2/q+1. The molecule has 0 amide bonds. The molecule has 21 heavy (non-hydrogen) atoms. The van der Waals surface area contributed by atoms with E-state index in [9.17, 15) is 0 Å². The Labute approximate surface area is 126 Å². The SMILES string of the molecule is C=Cc1ccc(C[N+]2=CN(c3ccccc3)CCC2)cc1. The van der Waals surface area contributed by atoms with Gasteiger partial charge in [0.15, 0.2) is 0 Å². The van der Waals surface area contributed by atoms with Gasteiger partial charge in [-0.3, -0.25) is 4.58 Å². The number of hydrogen-bond donors (Lipinski definition) is 0. The van der Waals surface area contributed by atoms with Crippen LogP contribution >= 0.6 is 0 Å². The quantitative estimate of drug-likeness (QED) is 0.771. The molecular weight excluding hydrogens is 256 g/mol. The number of anilines is 1. The van der Waals surface area contributed by atoms with Gasteiger partial charge in [-0.05, 0) is 23.3 Å². The van der Waals surface area contributed by atoms with Crippen LogP contribution in [0.25, 0.3) is 6.08 Å². The van der Waals surface area contributed by atoms with Crippen molar-refractivity contribution in [2.45, 2.75) is 13.0 Å². The van der Waals surface area contributed by atoms with Crippen LogP contribution in [0.1, 0.15) is 17.5 Å². The van der Waals surface area contributed by atoms with Crippen LogP contribution in [0.5, 0.6) is 0 Å². The average molecular weight is 277 g/mol. The van der Waals surface area contributed by atoms with Crippen molar-refractivity contribution < 1.29 is 4.58 Å². The van der Waals surface area contributed by atoms with Gasteiger partial charge in [0.25, 0.3) is 0 Å². The second kappa shape index (κ2) is 6.40. The maximum Gasteiger partial charge on any atom is 0.239 e. The average Bonchev–Trinajstić information content (AvgIpc) is 2.57. The van der Waals surface area contributed by atoms with E-state index >= 15 is 0 Å². The third-order valence-electron chi connectivity index (χ3n) is 3.84. The molecule has 3 rings (SSSR count). The lowest BCUT2D eigenvalue weighted by Gasteiger charge is -2.20. The van der Waals surface area contributed by atoms with Gasteiger partial charge in [-0.1, -0.05) is 55.1 Å². The van der Waals surface area contributed by atoms with Gasteiger partial charge < -0.3 is 0 Å². The lowest BCUT2D eigenvalue weighted by molar-refractivity contribution is -0.543. The Morgan fingerprint density at radius 2 is 1.81 bits per heavy atom. The van der Waals surface area contributed by atoms with E-state index in [2.05, 4.69) is 77.0 Å². The fourth-order valence-electron chi connectivity index (χ4n) is 2.69. The molecule has 1 heterocycles. The third-order valence-corrected chi connectivity index (χ3v) is 3.84. The summed E-state index contributed by atoms with van der Waals surface area (Å²) in [6.45, 7) is 6.97. The van der Waals surface area contributed by atoms with Crippen LogP contribution in [0, 0.1) is 0 Å². The van der Waals surface area contributed by atoms with E-state index in [1.54, 1.807) is 0 Å². The summed E-state index contributed by atoms with van der Waals surface area (Å²) in [5, 5.41) is 0. The molecule has 1 aliphatic heterocycles. The largest absolute Gasteiger partial charge is 0.264 e. The molecule has 1 aliphatic rings. The van der Waals surface area contributed by atoms with Crippen LogP contribution in [0.3, 0.4) is 0 Å². The summed E-state index contributed by atoms with van der Waals surface area (Å²) >= 11 is 0. The van der Waals surface area contributed by atoms with Gasteiger partial charge in [-0.25, -0.2) is 4.90 Å². The van der Waals surface area contributed by atoms with Crippen molar-refractivity contribution in [3.05, 3.63) is 72.3 Å². The van der Waals surface area contributed by atoms with Crippen LogP contribution in [0.4, 0.5) is 5.69 Å². The van der Waals surface area contributed by atoms with Crippen molar-refractivity contribution in [2.75, 3.05) is 18.0 Å². The molecule has 0 N–H and O–H groups in total. The molecule has 0 fully saturated rings. The van der Waals surface area contributed by atoms with Crippen molar-refractivity contribution in [3.8, 4) is 0 Å². The fraction of sp³-hybridized carbons (Fsp3) is 0.211. The zero-order chi connectivity index (χ0) is 14.5. The van der Waals surface area contributed by atoms with Crippen LogP contribution in [-0.4, -0.2) is 24.0 Å². The van der Waals surface area contributed by atoms with Crippen LogP contribution < -0.4 is 4.90 Å². The minimum absolute atomic E-state index is 0.959. The molecule has 0 unspecified atom stereocenters. The molecular formula is C19H21N2+. The van der Waals surface area contributed by atoms with Gasteiger partial charge in [0, 0.05) is 6.42 Å². The number of para-hydroxylation sites is 1. The summed E-state index contributed by atoms with van der Waals surface area (Å²) in [7, 11) is 0. The highest BCUT2D eigenvalue weighted by Crippen LogP contribution is 2.15. The van der Waals surface area contributed by atoms with Crippen LogP contribution in [0.2, 0.25) is 0 Å². The maximum atomic E-state index is 3.80. The third kappa shape index (κ3) is 3.40. The first-order valence-corrected chi connectivity index (χ1v) is 7.47. The van der Waals surface area contributed by atoms with E-state index in [1.165, 1.54) is 23.2 Å². The van der Waals surface area contributed by atoms with Gasteiger partial charge in [0.05, 0.1) is 13.1 Å². The lowest BCUT2D eigenvalue weighted by Crippen LogP contribution is -2.36. The summed E-state index contributed by atoms with van der Waals surface area (Å²) in [6.07, 6.45) is 5.32. The minimum atomic E-state index is 0.959. The number of benzene rings is 2. The molecule has 106 valence electrons. The lowest BCUT2D eigenvalue weighted by atomic mass is 10.1. The van der Waals surface area contributed by atoms with Crippen LogP contribution in [-0.2, 0) is 6.54 Å². The van der Waals surface area contributed by atoms with Crippen molar-refractivity contribution in [1.29, 1.82) is 0 Å². The van der Waals surface area contributed by atoms with Gasteiger partial charge in [0.1, 0.15) is 12.2 Å². The molecule has 2 heteroatoms. The predicted octanol–water partition coefficient (Wildman–Crippen LogP) is 3.78. The summed E-state index contributed by atoms with van der Waals surface area (Å²) in [5.41, 5.74) is 3.78. The second-order valence-electron chi connectivity index (χ2n) is 5.41. The summed E-state index contributed by atoms with van der Waals surface area (Å²) < 4.78 is 2.39. The maximum absolute atomic E-state index is 3.80. The zero-order valence-electron chi connectivity index (χ0n) is 12.3. The molecule has 2 nitrogen and oxygen atoms in total. The van der Waals surface area contributed by atoms with Crippen molar-refractivity contribution in [1.82, 2.24) is 0 Å². The first kappa shape index (κ1) is 13.6. The minimum Gasteiger partial charge on any atom is -0.264 e. The van der Waals surface area contributed by atoms with Crippen LogP contribution in [0.15, 0.2) is 61.2 Å². The van der Waals surface area contributed by atoms with Crippen molar-refractivity contribution in [3.63, 3.8) is 0 Å². The zero-order valence-corrected chi connectivity index (χ0v) is 12.3. The first-order valence-electron chi connectivity index (χ1n) is 7.47.